The number of fused-ring (bicyclic) bond motifs is 3. The molecule has 0 spiro atoms. The molecule has 1 saturated carbocycles. The van der Waals surface area contributed by atoms with Gasteiger partial charge in [0.05, 0.1) is 31.5 Å². The van der Waals surface area contributed by atoms with Crippen LogP contribution in [0, 0.1) is 5.92 Å². The third-order valence-corrected chi connectivity index (χ3v) is 7.96. The van der Waals surface area contributed by atoms with Crippen molar-refractivity contribution in [3.05, 3.63) is 82.9 Å². The van der Waals surface area contributed by atoms with E-state index in [0.717, 1.165) is 45.5 Å². The van der Waals surface area contributed by atoms with Crippen molar-refractivity contribution in [3.8, 4) is 16.9 Å². The Kier molecular flexibility index (Phi) is 7.22. The molecule has 194 valence electrons. The fourth-order valence-electron chi connectivity index (χ4n) is 4.82. The number of sulfone groups is 1. The lowest BCUT2D eigenvalue weighted by Crippen LogP contribution is -2.08. The Labute approximate surface area is 217 Å². The molecule has 0 bridgehead atoms. The molecule has 0 radical (unpaired) electrons. The third kappa shape index (κ3) is 6.32. The van der Waals surface area contributed by atoms with Crippen molar-refractivity contribution in [2.75, 3.05) is 23.9 Å². The molecule has 7 nitrogen and oxygen atoms in total. The quantitative estimate of drug-likeness (QED) is 0.362. The van der Waals surface area contributed by atoms with Crippen LogP contribution in [0.2, 0.25) is 0 Å². The van der Waals surface area contributed by atoms with E-state index in [1.807, 2.05) is 42.5 Å². The van der Waals surface area contributed by atoms with Crippen molar-refractivity contribution < 1.29 is 27.8 Å². The molecule has 0 amide bonds. The molecule has 1 fully saturated rings. The van der Waals surface area contributed by atoms with Crippen LogP contribution in [0.5, 0.6) is 5.75 Å². The number of carboxylic acid groups (broad SMARTS) is 1. The summed E-state index contributed by atoms with van der Waals surface area (Å²) in [4.78, 5) is 11.1. The van der Waals surface area contributed by atoms with Crippen LogP contribution in [0.4, 0.5) is 5.69 Å². The lowest BCUT2D eigenvalue weighted by atomic mass is 9.94. The maximum atomic E-state index is 11.3. The van der Waals surface area contributed by atoms with Crippen LogP contribution >= 0.6 is 0 Å². The molecule has 3 aromatic rings. The van der Waals surface area contributed by atoms with Gasteiger partial charge in [-0.2, -0.15) is 0 Å². The summed E-state index contributed by atoms with van der Waals surface area (Å²) in [6.07, 6.45) is 2.41. The minimum absolute atomic E-state index is 0.112. The fourth-order valence-corrected chi connectivity index (χ4v) is 5.47. The van der Waals surface area contributed by atoms with Gasteiger partial charge in [0, 0.05) is 18.5 Å². The van der Waals surface area contributed by atoms with Crippen molar-refractivity contribution in [1.82, 2.24) is 0 Å². The summed E-state index contributed by atoms with van der Waals surface area (Å²) in [6.45, 7) is 2.02. The van der Waals surface area contributed by atoms with Gasteiger partial charge in [0.1, 0.15) is 15.6 Å². The first-order valence-corrected chi connectivity index (χ1v) is 14.5. The Hall–Kier alpha value is -3.36. The first-order chi connectivity index (χ1) is 17.8. The lowest BCUT2D eigenvalue weighted by Gasteiger charge is -2.14. The van der Waals surface area contributed by atoms with Gasteiger partial charge in [0.2, 0.25) is 0 Å². The number of nitrogens with one attached hydrogen (secondary N) is 1. The van der Waals surface area contributed by atoms with Gasteiger partial charge in [-0.05, 0) is 82.5 Å². The van der Waals surface area contributed by atoms with Crippen LogP contribution in [-0.4, -0.2) is 38.1 Å². The number of hydrogen-bond acceptors (Lipinski definition) is 6. The van der Waals surface area contributed by atoms with Crippen LogP contribution in [-0.2, 0) is 39.1 Å². The summed E-state index contributed by atoms with van der Waals surface area (Å²) in [6, 6.07) is 20.4. The number of hydrogen-bond donors (Lipinski definition) is 2. The van der Waals surface area contributed by atoms with Gasteiger partial charge in [-0.1, -0.05) is 30.3 Å². The summed E-state index contributed by atoms with van der Waals surface area (Å²) in [5.41, 5.74) is 7.64. The normalized spacial score (nSPS) is 18.3. The SMILES string of the molecule is CS(=O)(=O)CCCOc1ccc2c(c1)COCc1ccc(CNc3ccc([C@H]4C[C@@H]4C(=O)O)cc3)cc1-2. The molecule has 1 aliphatic heterocycles. The number of aliphatic carboxylic acids is 1. The molecule has 0 unspecified atom stereocenters. The molecule has 3 aromatic carbocycles. The molecule has 5 rings (SSSR count). The number of ether oxygens (including phenoxy) is 2. The Morgan fingerprint density at radius 3 is 2.54 bits per heavy atom. The van der Waals surface area contributed by atoms with E-state index in [0.29, 0.717) is 38.5 Å². The van der Waals surface area contributed by atoms with Gasteiger partial charge in [-0.25, -0.2) is 8.42 Å². The molecule has 1 aliphatic carbocycles. The Bertz CT molecular complexity index is 1400. The monoisotopic (exact) mass is 521 g/mol. The minimum atomic E-state index is -2.99. The average Bonchev–Trinajstić information content (AvgIpc) is 3.69. The van der Waals surface area contributed by atoms with Crippen LogP contribution in [0.25, 0.3) is 11.1 Å². The standard InChI is InChI=1S/C29H31NO6S/c1-37(33,34)12-2-11-36-24-9-10-25-22(14-24)18-35-17-21-4-3-19(13-26(21)25)16-30-23-7-5-20(6-8-23)27-15-28(27)29(31)32/h3-10,13-14,27-28,30H,2,11-12,15-18H2,1H3,(H,31,32)/t27-,28+/m1/s1. The van der Waals surface area contributed by atoms with Crippen LogP contribution in [0.3, 0.4) is 0 Å². The summed E-state index contributed by atoms with van der Waals surface area (Å²) in [5, 5.41) is 12.6. The van der Waals surface area contributed by atoms with Gasteiger partial charge in [-0.15, -0.1) is 0 Å². The van der Waals surface area contributed by atoms with E-state index < -0.39 is 15.8 Å². The van der Waals surface area contributed by atoms with Crippen LogP contribution in [0.1, 0.15) is 41.0 Å². The van der Waals surface area contributed by atoms with E-state index in [1.54, 1.807) is 0 Å². The molecule has 2 atom stereocenters. The van der Waals surface area contributed by atoms with Gasteiger partial charge in [-0.3, -0.25) is 4.79 Å². The molecule has 8 heteroatoms. The van der Waals surface area contributed by atoms with E-state index in [2.05, 4.69) is 23.5 Å². The van der Waals surface area contributed by atoms with Crippen molar-refractivity contribution in [1.29, 1.82) is 0 Å². The smallest absolute Gasteiger partial charge is 0.307 e. The molecule has 37 heavy (non-hydrogen) atoms. The molecule has 0 aromatic heterocycles. The van der Waals surface area contributed by atoms with Crippen molar-refractivity contribution in [2.24, 2.45) is 5.92 Å². The Morgan fingerprint density at radius 2 is 1.81 bits per heavy atom. The van der Waals surface area contributed by atoms with Crippen molar-refractivity contribution >= 4 is 21.5 Å². The zero-order valence-corrected chi connectivity index (χ0v) is 21.6. The summed E-state index contributed by atoms with van der Waals surface area (Å²) < 4.78 is 34.3. The van der Waals surface area contributed by atoms with Gasteiger partial charge < -0.3 is 19.9 Å². The zero-order chi connectivity index (χ0) is 26.0. The fraction of sp³-hybridized carbons (Fsp3) is 0.345. The number of rotatable bonds is 10. The van der Waals surface area contributed by atoms with E-state index in [9.17, 15) is 13.2 Å². The molecular formula is C29H31NO6S. The Morgan fingerprint density at radius 1 is 1.03 bits per heavy atom. The maximum Gasteiger partial charge on any atom is 0.307 e. The van der Waals surface area contributed by atoms with E-state index >= 15 is 0 Å². The summed E-state index contributed by atoms with van der Waals surface area (Å²) in [5.74, 6) is 0.00271. The predicted octanol–water partition coefficient (Wildman–Crippen LogP) is 5.00. The van der Waals surface area contributed by atoms with E-state index in [4.69, 9.17) is 14.6 Å². The highest BCUT2D eigenvalue weighted by molar-refractivity contribution is 7.90. The van der Waals surface area contributed by atoms with Crippen molar-refractivity contribution in [2.45, 2.75) is 38.5 Å². The second-order valence-electron chi connectivity index (χ2n) is 9.90. The first kappa shape index (κ1) is 25.3. The molecule has 2 aliphatic rings. The third-order valence-electron chi connectivity index (χ3n) is 6.93. The second-order valence-corrected chi connectivity index (χ2v) is 12.2. The van der Waals surface area contributed by atoms with Crippen molar-refractivity contribution in [3.63, 3.8) is 0 Å². The highest BCUT2D eigenvalue weighted by atomic mass is 32.2. The van der Waals surface area contributed by atoms with E-state index in [1.165, 1.54) is 6.26 Å². The molecular weight excluding hydrogens is 490 g/mol. The summed E-state index contributed by atoms with van der Waals surface area (Å²) >= 11 is 0. The second kappa shape index (κ2) is 10.6. The van der Waals surface area contributed by atoms with Gasteiger partial charge in [0.25, 0.3) is 0 Å². The lowest BCUT2D eigenvalue weighted by molar-refractivity contribution is -0.138. The topological polar surface area (TPSA) is 102 Å². The number of carboxylic acids is 1. The predicted molar refractivity (Wildman–Crippen MR) is 142 cm³/mol. The molecule has 1 heterocycles. The average molecular weight is 522 g/mol. The summed E-state index contributed by atoms with van der Waals surface area (Å²) in [7, 11) is -2.99. The number of anilines is 1. The van der Waals surface area contributed by atoms with Gasteiger partial charge in [0.15, 0.2) is 0 Å². The zero-order valence-electron chi connectivity index (χ0n) is 20.8. The van der Waals surface area contributed by atoms with Crippen LogP contribution in [0.15, 0.2) is 60.7 Å². The van der Waals surface area contributed by atoms with E-state index in [-0.39, 0.29) is 17.6 Å². The maximum absolute atomic E-state index is 11.3. The highest BCUT2D eigenvalue weighted by Gasteiger charge is 2.44. The number of carbonyl (C=O) groups is 1. The van der Waals surface area contributed by atoms with Crippen LogP contribution < -0.4 is 10.1 Å². The first-order valence-electron chi connectivity index (χ1n) is 12.5. The van der Waals surface area contributed by atoms with Gasteiger partial charge >= 0.3 is 5.97 Å². The molecule has 0 saturated heterocycles. The molecule has 2 N–H and O–H groups in total. The Balaban J connectivity index is 1.25. The largest absolute Gasteiger partial charge is 0.494 e. The minimum Gasteiger partial charge on any atom is -0.494 e. The number of benzene rings is 3. The highest BCUT2D eigenvalue weighted by Crippen LogP contribution is 2.47.